The first-order valence-corrected chi connectivity index (χ1v) is 26.3. The molecule has 0 aromatic rings. The topological polar surface area (TPSA) is 78.9 Å². The summed E-state index contributed by atoms with van der Waals surface area (Å²) in [6.45, 7) is 15.1. The van der Waals surface area contributed by atoms with Crippen molar-refractivity contribution in [2.45, 2.75) is 279 Å². The van der Waals surface area contributed by atoms with Crippen LogP contribution < -0.4 is 0 Å². The summed E-state index contributed by atoms with van der Waals surface area (Å²) in [7, 11) is 0. The molecule has 0 aromatic carbocycles. The van der Waals surface area contributed by atoms with Crippen LogP contribution in [-0.2, 0) is 28.6 Å². The molecule has 0 bridgehead atoms. The Bertz CT molecular complexity index is 872. The van der Waals surface area contributed by atoms with E-state index in [0.717, 1.165) is 70.1 Å². The molecule has 59 heavy (non-hydrogen) atoms. The molecule has 0 saturated heterocycles. The lowest BCUT2D eigenvalue weighted by Crippen LogP contribution is -2.14. The highest BCUT2D eigenvalue weighted by atomic mass is 16.5. The van der Waals surface area contributed by atoms with Crippen molar-refractivity contribution in [2.75, 3.05) is 19.8 Å². The fourth-order valence-corrected chi connectivity index (χ4v) is 8.44. The minimum Gasteiger partial charge on any atom is -0.465 e. The number of ether oxygens (including phenoxy) is 3. The Morgan fingerprint density at radius 1 is 0.288 bits per heavy atom. The summed E-state index contributed by atoms with van der Waals surface area (Å²) in [6.07, 6.45) is 42.3. The van der Waals surface area contributed by atoms with E-state index in [4.69, 9.17) is 14.2 Å². The third kappa shape index (κ3) is 39.0. The largest absolute Gasteiger partial charge is 0.465 e. The summed E-state index contributed by atoms with van der Waals surface area (Å²) in [5.74, 6) is 2.31. The van der Waals surface area contributed by atoms with Gasteiger partial charge >= 0.3 is 17.9 Å². The highest BCUT2D eigenvalue weighted by Crippen LogP contribution is 2.25. The Kier molecular flexibility index (Phi) is 43.3. The molecule has 0 rings (SSSR count). The minimum absolute atomic E-state index is 0.00507. The predicted octanol–water partition coefficient (Wildman–Crippen LogP) is 16.6. The van der Waals surface area contributed by atoms with Crippen molar-refractivity contribution in [3.63, 3.8) is 0 Å². The van der Waals surface area contributed by atoms with E-state index in [1.54, 1.807) is 0 Å². The highest BCUT2D eigenvalue weighted by Gasteiger charge is 2.14. The van der Waals surface area contributed by atoms with E-state index >= 15 is 0 Å². The third-order valence-corrected chi connectivity index (χ3v) is 12.9. The SMILES string of the molecule is CCCCCCC(CCCC)COC(=O)CCCCCC(CCCCCCCCC(=O)OCC(CC)CCCC)CCCCCCCCC(=O)OCC(CC)CCCC. The molecule has 0 saturated carbocycles. The second kappa shape index (κ2) is 44.5. The van der Waals surface area contributed by atoms with Gasteiger partial charge in [0.05, 0.1) is 19.8 Å². The number of rotatable bonds is 46. The van der Waals surface area contributed by atoms with Crippen LogP contribution in [0.15, 0.2) is 0 Å². The second-order valence-corrected chi connectivity index (χ2v) is 18.5. The molecule has 0 heterocycles. The van der Waals surface area contributed by atoms with Crippen LogP contribution in [0.25, 0.3) is 0 Å². The van der Waals surface area contributed by atoms with Crippen LogP contribution in [-0.4, -0.2) is 37.7 Å². The molecule has 0 aliphatic carbocycles. The van der Waals surface area contributed by atoms with Crippen molar-refractivity contribution in [3.05, 3.63) is 0 Å². The van der Waals surface area contributed by atoms with Gasteiger partial charge in [-0.1, -0.05) is 215 Å². The molecule has 3 atom stereocenters. The normalized spacial score (nSPS) is 13.5. The maximum absolute atomic E-state index is 12.6. The highest BCUT2D eigenvalue weighted by molar-refractivity contribution is 5.69. The van der Waals surface area contributed by atoms with E-state index in [9.17, 15) is 14.4 Å². The predicted molar refractivity (Wildman–Crippen MR) is 252 cm³/mol. The second-order valence-electron chi connectivity index (χ2n) is 18.5. The number of esters is 3. The van der Waals surface area contributed by atoms with Crippen molar-refractivity contribution in [3.8, 4) is 0 Å². The quantitative estimate of drug-likeness (QED) is 0.0345. The van der Waals surface area contributed by atoms with Crippen molar-refractivity contribution < 1.29 is 28.6 Å². The number of unbranched alkanes of at least 4 members (excludes halogenated alkanes) is 18. The van der Waals surface area contributed by atoms with Crippen LogP contribution >= 0.6 is 0 Å². The lowest BCUT2D eigenvalue weighted by atomic mass is 9.89. The van der Waals surface area contributed by atoms with E-state index in [-0.39, 0.29) is 17.9 Å². The minimum atomic E-state index is -0.0119. The molecule has 0 radical (unpaired) electrons. The van der Waals surface area contributed by atoms with Gasteiger partial charge in [0.15, 0.2) is 0 Å². The van der Waals surface area contributed by atoms with Gasteiger partial charge in [-0.25, -0.2) is 0 Å². The summed E-state index contributed by atoms with van der Waals surface area (Å²) in [5.41, 5.74) is 0. The Morgan fingerprint density at radius 3 is 0.898 bits per heavy atom. The van der Waals surface area contributed by atoms with E-state index < -0.39 is 0 Å². The van der Waals surface area contributed by atoms with Crippen molar-refractivity contribution in [2.24, 2.45) is 23.7 Å². The van der Waals surface area contributed by atoms with Gasteiger partial charge in [0.1, 0.15) is 0 Å². The first-order chi connectivity index (χ1) is 28.8. The van der Waals surface area contributed by atoms with Gasteiger partial charge in [0.2, 0.25) is 0 Å². The fourth-order valence-electron chi connectivity index (χ4n) is 8.44. The monoisotopic (exact) mass is 835 g/mol. The lowest BCUT2D eigenvalue weighted by molar-refractivity contribution is -0.146. The molecule has 0 amide bonds. The van der Waals surface area contributed by atoms with Crippen LogP contribution in [0.3, 0.4) is 0 Å². The summed E-state index contributed by atoms with van der Waals surface area (Å²) >= 11 is 0. The average molecular weight is 835 g/mol. The molecule has 0 N–H and O–H groups in total. The van der Waals surface area contributed by atoms with Crippen LogP contribution in [0.1, 0.15) is 279 Å². The maximum Gasteiger partial charge on any atom is 0.305 e. The Morgan fingerprint density at radius 2 is 0.542 bits per heavy atom. The van der Waals surface area contributed by atoms with Crippen LogP contribution in [0.2, 0.25) is 0 Å². The molecular weight excluding hydrogens is 733 g/mol. The zero-order valence-corrected chi connectivity index (χ0v) is 40.5. The number of hydrogen-bond acceptors (Lipinski definition) is 6. The molecule has 0 aliphatic heterocycles. The molecular formula is C53H102O6. The van der Waals surface area contributed by atoms with Crippen LogP contribution in [0.4, 0.5) is 0 Å². The van der Waals surface area contributed by atoms with Gasteiger partial charge in [0, 0.05) is 19.3 Å². The van der Waals surface area contributed by atoms with E-state index in [0.29, 0.717) is 56.8 Å². The number of hydrogen-bond donors (Lipinski definition) is 0. The van der Waals surface area contributed by atoms with Crippen LogP contribution in [0.5, 0.6) is 0 Å². The molecule has 0 spiro atoms. The maximum atomic E-state index is 12.6. The Balaban J connectivity index is 4.51. The van der Waals surface area contributed by atoms with Crippen LogP contribution in [0, 0.1) is 23.7 Å². The molecule has 6 heteroatoms. The molecule has 6 nitrogen and oxygen atoms in total. The first kappa shape index (κ1) is 57.4. The van der Waals surface area contributed by atoms with Gasteiger partial charge in [-0.15, -0.1) is 0 Å². The van der Waals surface area contributed by atoms with E-state index in [2.05, 4.69) is 41.5 Å². The summed E-state index contributed by atoms with van der Waals surface area (Å²) in [4.78, 5) is 37.1. The zero-order chi connectivity index (χ0) is 43.4. The fraction of sp³-hybridized carbons (Fsp3) is 0.943. The van der Waals surface area contributed by atoms with Gasteiger partial charge in [-0.3, -0.25) is 14.4 Å². The van der Waals surface area contributed by atoms with Gasteiger partial charge in [0.25, 0.3) is 0 Å². The van der Waals surface area contributed by atoms with Crippen molar-refractivity contribution in [1.82, 2.24) is 0 Å². The Hall–Kier alpha value is -1.59. The zero-order valence-electron chi connectivity index (χ0n) is 40.5. The number of carbonyl (C=O) groups is 3. The van der Waals surface area contributed by atoms with E-state index in [1.165, 1.54) is 154 Å². The smallest absolute Gasteiger partial charge is 0.305 e. The molecule has 0 aliphatic rings. The van der Waals surface area contributed by atoms with Gasteiger partial charge in [-0.2, -0.15) is 0 Å². The van der Waals surface area contributed by atoms with Crippen molar-refractivity contribution in [1.29, 1.82) is 0 Å². The molecule has 350 valence electrons. The summed E-state index contributed by atoms with van der Waals surface area (Å²) in [6, 6.07) is 0. The summed E-state index contributed by atoms with van der Waals surface area (Å²) < 4.78 is 17.0. The van der Waals surface area contributed by atoms with E-state index in [1.807, 2.05) is 0 Å². The first-order valence-electron chi connectivity index (χ1n) is 26.3. The van der Waals surface area contributed by atoms with Gasteiger partial charge in [-0.05, 0) is 68.6 Å². The number of carbonyl (C=O) groups excluding carboxylic acids is 3. The van der Waals surface area contributed by atoms with Crippen molar-refractivity contribution >= 4 is 17.9 Å². The third-order valence-electron chi connectivity index (χ3n) is 12.9. The molecule has 3 unspecified atom stereocenters. The molecule has 0 fully saturated rings. The average Bonchev–Trinajstić information content (AvgIpc) is 3.24. The lowest BCUT2D eigenvalue weighted by Gasteiger charge is -2.18. The summed E-state index contributed by atoms with van der Waals surface area (Å²) in [5, 5.41) is 0. The Labute approximate surface area is 368 Å². The molecule has 0 aromatic heterocycles. The standard InChI is InChI=1S/C53H102O6/c1-7-13-17-27-40-50(36-16-10-4)46-59-53(56)43-33-26-30-39-49(37-28-22-18-20-24-31-41-51(54)57-44-47(11-5)34-14-8-2)38-29-23-19-21-25-32-42-52(55)58-45-48(12-6)35-15-9-3/h47-50H,7-46H2,1-6H3. The van der Waals surface area contributed by atoms with Gasteiger partial charge < -0.3 is 14.2 Å².